The van der Waals surface area contributed by atoms with E-state index in [1.807, 2.05) is 24.3 Å². The third-order valence-corrected chi connectivity index (χ3v) is 7.09. The zero-order valence-corrected chi connectivity index (χ0v) is 19.0. The Morgan fingerprint density at radius 3 is 3.00 bits per heavy atom. The minimum atomic E-state index is -0.0618. The molecule has 1 aliphatic carbocycles. The number of hydrogen-bond acceptors (Lipinski definition) is 5. The maximum absolute atomic E-state index is 13.1. The monoisotopic (exact) mass is 464 g/mol. The summed E-state index contributed by atoms with van der Waals surface area (Å²) in [6.45, 7) is 3.32. The summed E-state index contributed by atoms with van der Waals surface area (Å²) in [6.07, 6.45) is 6.29. The van der Waals surface area contributed by atoms with Crippen molar-refractivity contribution in [3.63, 3.8) is 0 Å². The molecule has 3 aromatic rings. The number of fused-ring (bicyclic) bond motifs is 3. The molecular weight excluding hydrogens is 440 g/mol. The fourth-order valence-corrected chi connectivity index (χ4v) is 5.05. The Labute approximate surface area is 196 Å². The molecule has 8 heteroatoms. The van der Waals surface area contributed by atoms with Crippen LogP contribution in [0.3, 0.4) is 0 Å². The van der Waals surface area contributed by atoms with Gasteiger partial charge in [0.1, 0.15) is 12.4 Å². The van der Waals surface area contributed by atoms with E-state index in [1.165, 1.54) is 0 Å². The third-order valence-electron chi connectivity index (χ3n) is 6.74. The smallest absolute Gasteiger partial charge is 0.255 e. The van der Waals surface area contributed by atoms with Crippen molar-refractivity contribution in [1.29, 1.82) is 0 Å². The number of nitrogens with zero attached hydrogens (tertiary/aromatic N) is 1. The SMILES string of the molecule is CCc1c(Cl)cccc1Nc1c(-c2ccncc2OC[C@H]2CCO2)[nH]c2c1C(=O)N[C@@H]1C[C@H]21. The van der Waals surface area contributed by atoms with Gasteiger partial charge in [0.05, 0.1) is 29.2 Å². The summed E-state index contributed by atoms with van der Waals surface area (Å²) in [7, 11) is 0. The van der Waals surface area contributed by atoms with Gasteiger partial charge in [-0.1, -0.05) is 24.6 Å². The van der Waals surface area contributed by atoms with Crippen molar-refractivity contribution in [2.75, 3.05) is 18.5 Å². The van der Waals surface area contributed by atoms with Crippen LogP contribution in [-0.2, 0) is 11.2 Å². The van der Waals surface area contributed by atoms with Crippen LogP contribution in [-0.4, -0.2) is 41.2 Å². The Morgan fingerprint density at radius 2 is 2.21 bits per heavy atom. The van der Waals surface area contributed by atoms with E-state index in [4.69, 9.17) is 21.1 Å². The van der Waals surface area contributed by atoms with Crippen LogP contribution >= 0.6 is 11.6 Å². The van der Waals surface area contributed by atoms with Gasteiger partial charge in [0, 0.05) is 53.2 Å². The van der Waals surface area contributed by atoms with Gasteiger partial charge < -0.3 is 25.1 Å². The molecule has 2 aliphatic heterocycles. The molecule has 3 aliphatic rings. The second kappa shape index (κ2) is 8.08. The van der Waals surface area contributed by atoms with E-state index < -0.39 is 0 Å². The number of carbonyl (C=O) groups is 1. The molecule has 1 saturated heterocycles. The lowest BCUT2D eigenvalue weighted by molar-refractivity contribution is -0.0720. The first-order valence-electron chi connectivity index (χ1n) is 11.4. The molecule has 3 atom stereocenters. The van der Waals surface area contributed by atoms with Gasteiger partial charge in [-0.25, -0.2) is 0 Å². The Bertz CT molecular complexity index is 1240. The highest BCUT2D eigenvalue weighted by Crippen LogP contribution is 2.50. The van der Waals surface area contributed by atoms with E-state index in [0.717, 1.165) is 59.8 Å². The molecule has 2 fully saturated rings. The van der Waals surface area contributed by atoms with Crippen LogP contribution in [0.25, 0.3) is 11.3 Å². The van der Waals surface area contributed by atoms with Gasteiger partial charge in [0.2, 0.25) is 0 Å². The summed E-state index contributed by atoms with van der Waals surface area (Å²) in [5.41, 5.74) is 5.94. The van der Waals surface area contributed by atoms with E-state index >= 15 is 0 Å². The molecule has 3 N–H and O–H groups in total. The molecule has 0 bridgehead atoms. The molecule has 0 spiro atoms. The number of amides is 1. The van der Waals surface area contributed by atoms with E-state index in [0.29, 0.717) is 28.9 Å². The van der Waals surface area contributed by atoms with Crippen molar-refractivity contribution in [3.8, 4) is 17.0 Å². The van der Waals surface area contributed by atoms with Gasteiger partial charge in [0.25, 0.3) is 5.91 Å². The minimum Gasteiger partial charge on any atom is -0.489 e. The Balaban J connectivity index is 1.46. The second-order valence-electron chi connectivity index (χ2n) is 8.79. The summed E-state index contributed by atoms with van der Waals surface area (Å²) >= 11 is 6.48. The largest absolute Gasteiger partial charge is 0.489 e. The second-order valence-corrected chi connectivity index (χ2v) is 9.20. The summed E-state index contributed by atoms with van der Waals surface area (Å²) in [4.78, 5) is 20.9. The maximum Gasteiger partial charge on any atom is 0.255 e. The molecule has 170 valence electrons. The number of rotatable bonds is 7. The highest BCUT2D eigenvalue weighted by molar-refractivity contribution is 6.31. The van der Waals surface area contributed by atoms with Crippen molar-refractivity contribution in [1.82, 2.24) is 15.3 Å². The van der Waals surface area contributed by atoms with Crippen molar-refractivity contribution in [2.45, 2.75) is 44.2 Å². The molecule has 0 unspecified atom stereocenters. The van der Waals surface area contributed by atoms with Crippen LogP contribution < -0.4 is 15.4 Å². The third kappa shape index (κ3) is 3.56. The van der Waals surface area contributed by atoms with E-state index in [-0.39, 0.29) is 18.1 Å². The standard InChI is InChI=1S/C25H25ClN4O3/c1-2-14-17(26)4-3-5-18(14)28-24-21-22(16-10-19(16)29-25(21)31)30-23(24)15-6-8-27-11-20(15)33-12-13-7-9-32-13/h3-6,8,11,13,16,19,28,30H,2,7,9-10,12H2,1H3,(H,29,31)/t13-,16+,19-/m1/s1. The predicted molar refractivity (Wildman–Crippen MR) is 127 cm³/mol. The Hall–Kier alpha value is -3.03. The molecule has 1 saturated carbocycles. The van der Waals surface area contributed by atoms with Crippen LogP contribution in [0.4, 0.5) is 11.4 Å². The normalized spacial score (nSPS) is 22.6. The molecule has 4 heterocycles. The van der Waals surface area contributed by atoms with Gasteiger partial charge >= 0.3 is 0 Å². The van der Waals surface area contributed by atoms with Gasteiger partial charge in [-0.05, 0) is 36.6 Å². The Morgan fingerprint density at radius 1 is 1.33 bits per heavy atom. The lowest BCUT2D eigenvalue weighted by Gasteiger charge is -2.26. The number of pyridine rings is 1. The maximum atomic E-state index is 13.1. The number of carbonyl (C=O) groups excluding carboxylic acids is 1. The molecule has 2 aromatic heterocycles. The zero-order chi connectivity index (χ0) is 22.5. The van der Waals surface area contributed by atoms with Gasteiger partial charge in [-0.3, -0.25) is 9.78 Å². The predicted octanol–water partition coefficient (Wildman–Crippen LogP) is 4.80. The van der Waals surface area contributed by atoms with Crippen molar-refractivity contribution in [3.05, 3.63) is 58.5 Å². The van der Waals surface area contributed by atoms with Gasteiger partial charge in [-0.15, -0.1) is 0 Å². The van der Waals surface area contributed by atoms with Crippen molar-refractivity contribution in [2.24, 2.45) is 0 Å². The summed E-state index contributed by atoms with van der Waals surface area (Å²) in [6, 6.07) is 7.93. The average molecular weight is 465 g/mol. The van der Waals surface area contributed by atoms with Crippen LogP contribution in [0.2, 0.25) is 5.02 Å². The van der Waals surface area contributed by atoms with Crippen molar-refractivity contribution < 1.29 is 14.3 Å². The van der Waals surface area contributed by atoms with Crippen LogP contribution in [0.15, 0.2) is 36.7 Å². The molecule has 0 radical (unpaired) electrons. The van der Waals surface area contributed by atoms with Crippen molar-refractivity contribution >= 4 is 28.9 Å². The number of aromatic amines is 1. The molecular formula is C25H25ClN4O3. The number of hydrogen-bond donors (Lipinski definition) is 3. The first kappa shape index (κ1) is 20.6. The zero-order valence-electron chi connectivity index (χ0n) is 18.3. The quantitative estimate of drug-likeness (QED) is 0.467. The number of halogens is 1. The highest BCUT2D eigenvalue weighted by atomic mass is 35.5. The molecule has 6 rings (SSSR count). The molecule has 33 heavy (non-hydrogen) atoms. The Kier molecular flexibility index (Phi) is 5.03. The number of ether oxygens (including phenoxy) is 2. The first-order chi connectivity index (χ1) is 16.1. The van der Waals surface area contributed by atoms with Crippen LogP contribution in [0.5, 0.6) is 5.75 Å². The van der Waals surface area contributed by atoms with E-state index in [1.54, 1.807) is 12.4 Å². The minimum absolute atomic E-state index is 0.0618. The molecule has 7 nitrogen and oxygen atoms in total. The number of nitrogens with one attached hydrogen (secondary N) is 3. The van der Waals surface area contributed by atoms with Crippen LogP contribution in [0.1, 0.15) is 47.3 Å². The van der Waals surface area contributed by atoms with Gasteiger partial charge in [-0.2, -0.15) is 0 Å². The number of anilines is 2. The average Bonchev–Trinajstić information content (AvgIpc) is 3.45. The number of aromatic nitrogens is 2. The topological polar surface area (TPSA) is 88.3 Å². The molecule has 1 amide bonds. The van der Waals surface area contributed by atoms with Gasteiger partial charge in [0.15, 0.2) is 0 Å². The first-order valence-corrected chi connectivity index (χ1v) is 11.8. The van der Waals surface area contributed by atoms with E-state index in [2.05, 4.69) is 27.5 Å². The summed E-state index contributed by atoms with van der Waals surface area (Å²) in [5.74, 6) is 0.906. The fourth-order valence-electron chi connectivity index (χ4n) is 4.74. The van der Waals surface area contributed by atoms with Crippen LogP contribution in [0, 0.1) is 0 Å². The summed E-state index contributed by atoms with van der Waals surface area (Å²) in [5, 5.41) is 7.37. The fraction of sp³-hybridized carbons (Fsp3) is 0.360. The number of benzene rings is 1. The lowest BCUT2D eigenvalue weighted by Crippen LogP contribution is -2.32. The highest BCUT2D eigenvalue weighted by Gasteiger charge is 2.48. The lowest BCUT2D eigenvalue weighted by atomic mass is 10.0. The summed E-state index contributed by atoms with van der Waals surface area (Å²) < 4.78 is 11.6. The number of H-pyrrole nitrogens is 1. The van der Waals surface area contributed by atoms with E-state index in [9.17, 15) is 4.79 Å². The molecule has 1 aromatic carbocycles.